The molecule has 132 valence electrons. The number of methoxy groups -OCH3 is 1. The molecule has 3 rings (SSSR count). The number of carbonyl (C=O) groups is 1. The van der Waals surface area contributed by atoms with Crippen LogP contribution in [0.2, 0.25) is 0 Å². The topological polar surface area (TPSA) is 75.3 Å². The van der Waals surface area contributed by atoms with Gasteiger partial charge in [-0.25, -0.2) is 0 Å². The summed E-state index contributed by atoms with van der Waals surface area (Å²) in [5, 5.41) is 4.21. The molecule has 3 N–H and O–H groups in total. The van der Waals surface area contributed by atoms with Crippen LogP contribution in [0.3, 0.4) is 0 Å². The SMILES string of the molecule is COC[C@@H](C)NC(=S)NNC(=O)c1cc(C2CC2)nc2ccccc12. The molecule has 1 aromatic heterocycles. The highest BCUT2D eigenvalue weighted by atomic mass is 32.1. The number of fused-ring (bicyclic) bond motifs is 1. The number of ether oxygens (including phenoxy) is 1. The highest BCUT2D eigenvalue weighted by molar-refractivity contribution is 7.80. The minimum absolute atomic E-state index is 0.0464. The number of nitrogens with one attached hydrogen (secondary N) is 3. The Labute approximate surface area is 152 Å². The summed E-state index contributed by atoms with van der Waals surface area (Å²) in [5.41, 5.74) is 7.84. The van der Waals surface area contributed by atoms with Crippen LogP contribution in [0.1, 0.15) is 41.7 Å². The average molecular weight is 358 g/mol. The third-order valence-electron chi connectivity index (χ3n) is 4.06. The lowest BCUT2D eigenvalue weighted by molar-refractivity contribution is 0.0945. The number of para-hydroxylation sites is 1. The summed E-state index contributed by atoms with van der Waals surface area (Å²) in [6.45, 7) is 2.47. The summed E-state index contributed by atoms with van der Waals surface area (Å²) in [6.07, 6.45) is 2.27. The van der Waals surface area contributed by atoms with Gasteiger partial charge in [0.15, 0.2) is 5.11 Å². The van der Waals surface area contributed by atoms with Gasteiger partial charge in [0, 0.05) is 30.1 Å². The first-order valence-corrected chi connectivity index (χ1v) is 8.74. The third kappa shape index (κ3) is 4.43. The highest BCUT2D eigenvalue weighted by Gasteiger charge is 2.26. The maximum atomic E-state index is 12.7. The fourth-order valence-corrected chi connectivity index (χ4v) is 2.96. The van der Waals surface area contributed by atoms with Crippen molar-refractivity contribution in [3.05, 3.63) is 41.6 Å². The molecular formula is C18H22N4O2S. The molecule has 0 saturated heterocycles. The Morgan fingerprint density at radius 1 is 1.36 bits per heavy atom. The van der Waals surface area contributed by atoms with Crippen molar-refractivity contribution in [3.63, 3.8) is 0 Å². The number of rotatable bonds is 5. The van der Waals surface area contributed by atoms with Gasteiger partial charge in [-0.3, -0.25) is 20.6 Å². The van der Waals surface area contributed by atoms with Gasteiger partial charge in [0.25, 0.3) is 5.91 Å². The van der Waals surface area contributed by atoms with Crippen LogP contribution < -0.4 is 16.2 Å². The molecular weight excluding hydrogens is 336 g/mol. The van der Waals surface area contributed by atoms with Crippen molar-refractivity contribution < 1.29 is 9.53 Å². The molecule has 1 saturated carbocycles. The standard InChI is InChI=1S/C18H22N4O2S/c1-11(10-24-2)19-18(25)22-21-17(23)14-9-16(12-7-8-12)20-15-6-4-3-5-13(14)15/h3-6,9,11-12H,7-8,10H2,1-2H3,(H,21,23)(H2,19,22,25)/t11-/m1/s1. The molecule has 0 bridgehead atoms. The van der Waals surface area contributed by atoms with E-state index in [1.54, 1.807) is 7.11 Å². The Balaban J connectivity index is 1.72. The Bertz CT molecular complexity index is 792. The predicted octanol–water partition coefficient (Wildman–Crippen LogP) is 2.26. The zero-order chi connectivity index (χ0) is 17.8. The first-order chi connectivity index (χ1) is 12.1. The van der Waals surface area contributed by atoms with E-state index in [2.05, 4.69) is 21.2 Å². The molecule has 1 atom stereocenters. The van der Waals surface area contributed by atoms with Crippen LogP contribution in [0, 0.1) is 0 Å². The molecule has 0 spiro atoms. The maximum absolute atomic E-state index is 12.7. The molecule has 6 nitrogen and oxygen atoms in total. The van der Waals surface area contributed by atoms with Crippen LogP contribution in [0.15, 0.2) is 30.3 Å². The summed E-state index contributed by atoms with van der Waals surface area (Å²) in [5.74, 6) is 0.241. The van der Waals surface area contributed by atoms with Crippen molar-refractivity contribution in [2.75, 3.05) is 13.7 Å². The number of pyridine rings is 1. The Morgan fingerprint density at radius 2 is 2.12 bits per heavy atom. The second kappa shape index (κ2) is 7.76. The molecule has 0 radical (unpaired) electrons. The smallest absolute Gasteiger partial charge is 0.270 e. The van der Waals surface area contributed by atoms with Crippen LogP contribution in [-0.4, -0.2) is 35.8 Å². The number of hydrogen-bond donors (Lipinski definition) is 3. The Hall–Kier alpha value is -2.25. The van der Waals surface area contributed by atoms with Crippen molar-refractivity contribution in [2.45, 2.75) is 31.7 Å². The number of hydrazine groups is 1. The van der Waals surface area contributed by atoms with Crippen molar-refractivity contribution in [1.82, 2.24) is 21.2 Å². The van der Waals surface area contributed by atoms with E-state index < -0.39 is 0 Å². The minimum Gasteiger partial charge on any atom is -0.383 e. The molecule has 0 aliphatic heterocycles. The highest BCUT2D eigenvalue weighted by Crippen LogP contribution is 2.40. The van der Waals surface area contributed by atoms with E-state index >= 15 is 0 Å². The number of aromatic nitrogens is 1. The van der Waals surface area contributed by atoms with Gasteiger partial charge in [-0.2, -0.15) is 0 Å². The van der Waals surface area contributed by atoms with E-state index in [0.29, 0.717) is 23.2 Å². The molecule has 1 aliphatic rings. The van der Waals surface area contributed by atoms with E-state index in [1.165, 1.54) is 0 Å². The second-order valence-corrected chi connectivity index (χ2v) is 6.70. The molecule has 1 aliphatic carbocycles. The van der Waals surface area contributed by atoms with Crippen molar-refractivity contribution in [1.29, 1.82) is 0 Å². The monoisotopic (exact) mass is 358 g/mol. The number of nitrogens with zero attached hydrogens (tertiary/aromatic N) is 1. The third-order valence-corrected chi connectivity index (χ3v) is 4.28. The van der Waals surface area contributed by atoms with Gasteiger partial charge in [0.2, 0.25) is 0 Å². The summed E-state index contributed by atoms with van der Waals surface area (Å²) in [4.78, 5) is 17.3. The van der Waals surface area contributed by atoms with Crippen LogP contribution in [0.4, 0.5) is 0 Å². The summed E-state index contributed by atoms with van der Waals surface area (Å²) >= 11 is 5.18. The van der Waals surface area contributed by atoms with Gasteiger partial charge in [-0.1, -0.05) is 18.2 Å². The van der Waals surface area contributed by atoms with Crippen LogP contribution in [0.25, 0.3) is 10.9 Å². The lowest BCUT2D eigenvalue weighted by atomic mass is 10.1. The van der Waals surface area contributed by atoms with Crippen LogP contribution in [0.5, 0.6) is 0 Å². The summed E-state index contributed by atoms with van der Waals surface area (Å²) in [7, 11) is 1.63. The average Bonchev–Trinajstić information content (AvgIpc) is 3.44. The van der Waals surface area contributed by atoms with Gasteiger partial charge < -0.3 is 10.1 Å². The number of thiocarbonyl (C=S) groups is 1. The normalized spacial score (nSPS) is 14.8. The molecule has 1 aromatic carbocycles. The molecule has 1 amide bonds. The van der Waals surface area contributed by atoms with Gasteiger partial charge >= 0.3 is 0 Å². The van der Waals surface area contributed by atoms with E-state index in [0.717, 1.165) is 29.4 Å². The summed E-state index contributed by atoms with van der Waals surface area (Å²) < 4.78 is 5.04. The van der Waals surface area contributed by atoms with Crippen molar-refractivity contribution in [2.24, 2.45) is 0 Å². The second-order valence-electron chi connectivity index (χ2n) is 6.30. The van der Waals surface area contributed by atoms with E-state index in [1.807, 2.05) is 37.3 Å². The number of carbonyl (C=O) groups excluding carboxylic acids is 1. The molecule has 25 heavy (non-hydrogen) atoms. The van der Waals surface area contributed by atoms with E-state index in [9.17, 15) is 4.79 Å². The Morgan fingerprint density at radius 3 is 2.84 bits per heavy atom. The van der Waals surface area contributed by atoms with Crippen LogP contribution in [-0.2, 0) is 4.74 Å². The fourth-order valence-electron chi connectivity index (χ4n) is 2.70. The van der Waals surface area contributed by atoms with Gasteiger partial charge in [-0.15, -0.1) is 0 Å². The quantitative estimate of drug-likeness (QED) is 0.562. The van der Waals surface area contributed by atoms with Gasteiger partial charge in [0.05, 0.1) is 17.7 Å². The van der Waals surface area contributed by atoms with Gasteiger partial charge in [-0.05, 0) is 44.1 Å². The zero-order valence-corrected chi connectivity index (χ0v) is 15.2. The predicted molar refractivity (Wildman–Crippen MR) is 101 cm³/mol. The van der Waals surface area contributed by atoms with Crippen molar-refractivity contribution in [3.8, 4) is 0 Å². The molecule has 2 aromatic rings. The first-order valence-electron chi connectivity index (χ1n) is 8.34. The minimum atomic E-state index is -0.232. The lowest BCUT2D eigenvalue weighted by Crippen LogP contribution is -2.50. The van der Waals surface area contributed by atoms with E-state index in [-0.39, 0.29) is 11.9 Å². The fraction of sp³-hybridized carbons (Fsp3) is 0.389. The number of amides is 1. The molecule has 0 unspecified atom stereocenters. The lowest BCUT2D eigenvalue weighted by Gasteiger charge is -2.17. The zero-order valence-electron chi connectivity index (χ0n) is 14.3. The molecule has 7 heteroatoms. The van der Waals surface area contributed by atoms with Crippen LogP contribution >= 0.6 is 12.2 Å². The first kappa shape index (κ1) is 17.6. The number of hydrogen-bond acceptors (Lipinski definition) is 4. The number of benzene rings is 1. The molecule has 1 fully saturated rings. The van der Waals surface area contributed by atoms with E-state index in [4.69, 9.17) is 17.0 Å². The van der Waals surface area contributed by atoms with Crippen molar-refractivity contribution >= 4 is 34.1 Å². The molecule has 1 heterocycles. The summed E-state index contributed by atoms with van der Waals surface area (Å²) in [6, 6.07) is 9.62. The largest absolute Gasteiger partial charge is 0.383 e. The van der Waals surface area contributed by atoms with Gasteiger partial charge in [0.1, 0.15) is 0 Å². The Kier molecular flexibility index (Phi) is 5.45. The maximum Gasteiger partial charge on any atom is 0.270 e.